The topological polar surface area (TPSA) is 17.1 Å². The maximum atomic E-state index is 14.6. The zero-order valence-corrected chi connectivity index (χ0v) is 19.7. The normalized spacial score (nSPS) is 11.5. The van der Waals surface area contributed by atoms with E-state index in [1.807, 2.05) is 54.6 Å². The Morgan fingerprint density at radius 1 is 0.577 bits per heavy atom. The zero-order valence-electron chi connectivity index (χ0n) is 14.0. The second-order valence-electron chi connectivity index (χ2n) is 6.02. The van der Waals surface area contributed by atoms with Crippen LogP contribution in [0.4, 0.5) is 0 Å². The molecule has 0 aliphatic rings. The molecule has 0 fully saturated rings. The van der Waals surface area contributed by atoms with Crippen molar-refractivity contribution in [2.45, 2.75) is 16.0 Å². The molecule has 3 aromatic carbocycles. The Labute approximate surface area is 180 Å². The van der Waals surface area contributed by atoms with Crippen LogP contribution in [0.3, 0.4) is 0 Å². The lowest BCUT2D eigenvalue weighted by molar-refractivity contribution is 0.592. The van der Waals surface area contributed by atoms with Gasteiger partial charge >= 0.3 is 0 Å². The molecule has 134 valence electrons. The summed E-state index contributed by atoms with van der Waals surface area (Å²) in [6.07, 6.45) is 0. The van der Waals surface area contributed by atoms with Crippen LogP contribution >= 0.6 is 54.9 Å². The molecule has 0 aliphatic heterocycles. The van der Waals surface area contributed by atoms with Gasteiger partial charge in [0.25, 0.3) is 0 Å². The van der Waals surface area contributed by atoms with E-state index in [1.54, 1.807) is 0 Å². The highest BCUT2D eigenvalue weighted by Gasteiger charge is 2.30. The minimum atomic E-state index is -2.96. The minimum Gasteiger partial charge on any atom is -0.309 e. The van der Waals surface area contributed by atoms with Crippen molar-refractivity contribution in [1.29, 1.82) is 0 Å². The molecule has 1 nitrogen and oxygen atoms in total. The van der Waals surface area contributed by atoms with Crippen molar-refractivity contribution in [2.24, 2.45) is 0 Å². The summed E-state index contributed by atoms with van der Waals surface area (Å²) < 4.78 is 14.6. The average Bonchev–Trinajstić information content (AvgIpc) is 2.73. The molecule has 5 heteroatoms. The second-order valence-corrected chi connectivity index (χ2v) is 10.5. The number of alkyl halides is 3. The summed E-state index contributed by atoms with van der Waals surface area (Å²) in [6, 6.07) is 24.2. The quantitative estimate of drug-likeness (QED) is 0.268. The summed E-state index contributed by atoms with van der Waals surface area (Å²) in [5.41, 5.74) is 3.36. The van der Waals surface area contributed by atoms with E-state index in [1.165, 1.54) is 0 Å². The summed E-state index contributed by atoms with van der Waals surface area (Å²) in [6.45, 7) is 0. The molecule has 0 aliphatic carbocycles. The third-order valence-corrected chi connectivity index (χ3v) is 9.24. The first-order valence-corrected chi connectivity index (χ1v) is 13.3. The molecule has 0 saturated carbocycles. The summed E-state index contributed by atoms with van der Waals surface area (Å²) in [7, 11) is -2.96. The lowest BCUT2D eigenvalue weighted by Gasteiger charge is -2.21. The molecular formula is C21H18Br3OP. The maximum Gasteiger partial charge on any atom is 0.171 e. The Morgan fingerprint density at radius 3 is 1.15 bits per heavy atom. The Kier molecular flexibility index (Phi) is 6.96. The lowest BCUT2D eigenvalue weighted by atomic mass is 10.2. The summed E-state index contributed by atoms with van der Waals surface area (Å²) >= 11 is 10.5. The fourth-order valence-corrected chi connectivity index (χ4v) is 6.83. The number of rotatable bonds is 6. The van der Waals surface area contributed by atoms with Gasteiger partial charge in [-0.1, -0.05) is 102 Å². The van der Waals surface area contributed by atoms with Crippen LogP contribution in [-0.2, 0) is 20.6 Å². The lowest BCUT2D eigenvalue weighted by Crippen LogP contribution is -2.26. The third-order valence-electron chi connectivity index (χ3n) is 4.29. The molecule has 0 aromatic heterocycles. The van der Waals surface area contributed by atoms with Gasteiger partial charge in [-0.15, -0.1) is 0 Å². The molecule has 26 heavy (non-hydrogen) atoms. The Balaban J connectivity index is 2.28. The van der Waals surface area contributed by atoms with Gasteiger partial charge in [-0.25, -0.2) is 0 Å². The molecule has 3 aromatic rings. The summed E-state index contributed by atoms with van der Waals surface area (Å²) in [4.78, 5) is 0. The summed E-state index contributed by atoms with van der Waals surface area (Å²) in [5, 5.41) is 4.82. The number of benzene rings is 3. The third kappa shape index (κ3) is 4.09. The Hall–Kier alpha value is -0.670. The van der Waals surface area contributed by atoms with Crippen LogP contribution in [0.2, 0.25) is 0 Å². The van der Waals surface area contributed by atoms with Crippen LogP contribution in [0.15, 0.2) is 72.8 Å². The molecule has 0 unspecified atom stereocenters. The van der Waals surface area contributed by atoms with Crippen LogP contribution in [0, 0.1) is 0 Å². The molecule has 0 spiro atoms. The predicted molar refractivity (Wildman–Crippen MR) is 124 cm³/mol. The second kappa shape index (κ2) is 9.01. The fourth-order valence-electron chi connectivity index (χ4n) is 2.95. The largest absolute Gasteiger partial charge is 0.309 e. The monoisotopic (exact) mass is 554 g/mol. The molecule has 3 rings (SSSR count). The first-order chi connectivity index (χ1) is 12.6. The van der Waals surface area contributed by atoms with Crippen LogP contribution in [0.25, 0.3) is 0 Å². The van der Waals surface area contributed by atoms with Gasteiger partial charge in [0.15, 0.2) is 7.14 Å². The van der Waals surface area contributed by atoms with Crippen LogP contribution in [-0.4, -0.2) is 0 Å². The van der Waals surface area contributed by atoms with Gasteiger partial charge in [0.05, 0.1) is 0 Å². The SMILES string of the molecule is O=P(c1cccc(CBr)c1)(c1cccc(CBr)c1)c1cccc(CBr)c1. The van der Waals surface area contributed by atoms with E-state index in [-0.39, 0.29) is 0 Å². The minimum absolute atomic E-state index is 0.740. The van der Waals surface area contributed by atoms with E-state index in [0.29, 0.717) is 0 Å². The Morgan fingerprint density at radius 2 is 0.885 bits per heavy atom. The van der Waals surface area contributed by atoms with Crippen molar-refractivity contribution >= 4 is 70.8 Å². The smallest absolute Gasteiger partial charge is 0.171 e. The van der Waals surface area contributed by atoms with Gasteiger partial charge in [-0.3, -0.25) is 0 Å². The van der Waals surface area contributed by atoms with Gasteiger partial charge in [0.1, 0.15) is 0 Å². The molecule has 0 radical (unpaired) electrons. The van der Waals surface area contributed by atoms with Gasteiger partial charge < -0.3 is 4.57 Å². The number of hydrogen-bond donors (Lipinski definition) is 0. The van der Waals surface area contributed by atoms with Gasteiger partial charge in [-0.05, 0) is 34.9 Å². The predicted octanol–water partition coefficient (Wildman–Crippen LogP) is 6.01. The number of halogens is 3. The van der Waals surface area contributed by atoms with Crippen molar-refractivity contribution in [3.63, 3.8) is 0 Å². The highest BCUT2D eigenvalue weighted by Crippen LogP contribution is 2.43. The molecule has 0 heterocycles. The van der Waals surface area contributed by atoms with Crippen molar-refractivity contribution in [3.8, 4) is 0 Å². The van der Waals surface area contributed by atoms with Crippen LogP contribution < -0.4 is 15.9 Å². The van der Waals surface area contributed by atoms with Gasteiger partial charge in [0, 0.05) is 31.9 Å². The van der Waals surface area contributed by atoms with Crippen LogP contribution in [0.5, 0.6) is 0 Å². The molecule has 0 bridgehead atoms. The van der Waals surface area contributed by atoms with E-state index in [9.17, 15) is 4.57 Å². The molecule has 0 amide bonds. The maximum absolute atomic E-state index is 14.6. The zero-order chi connectivity index (χ0) is 18.6. The van der Waals surface area contributed by atoms with Crippen molar-refractivity contribution in [3.05, 3.63) is 89.5 Å². The summed E-state index contributed by atoms with van der Waals surface area (Å²) in [5.74, 6) is 0. The van der Waals surface area contributed by atoms with E-state index in [2.05, 4.69) is 66.0 Å². The Bertz CT molecular complexity index is 833. The average molecular weight is 557 g/mol. The van der Waals surface area contributed by atoms with Crippen molar-refractivity contribution in [1.82, 2.24) is 0 Å². The van der Waals surface area contributed by atoms with Gasteiger partial charge in [-0.2, -0.15) is 0 Å². The van der Waals surface area contributed by atoms with E-state index >= 15 is 0 Å². The molecular weight excluding hydrogens is 539 g/mol. The molecule has 0 saturated heterocycles. The van der Waals surface area contributed by atoms with E-state index in [4.69, 9.17) is 0 Å². The highest BCUT2D eigenvalue weighted by molar-refractivity contribution is 9.09. The molecule has 0 N–H and O–H groups in total. The van der Waals surface area contributed by atoms with Gasteiger partial charge in [0.2, 0.25) is 0 Å². The first-order valence-electron chi connectivity index (χ1n) is 8.18. The van der Waals surface area contributed by atoms with E-state index in [0.717, 1.165) is 48.6 Å². The van der Waals surface area contributed by atoms with E-state index < -0.39 is 7.14 Å². The van der Waals surface area contributed by atoms with Crippen molar-refractivity contribution < 1.29 is 4.57 Å². The van der Waals surface area contributed by atoms with Crippen LogP contribution in [0.1, 0.15) is 16.7 Å². The van der Waals surface area contributed by atoms with Crippen molar-refractivity contribution in [2.75, 3.05) is 0 Å². The molecule has 0 atom stereocenters. The highest BCUT2D eigenvalue weighted by atomic mass is 79.9. The fraction of sp³-hybridized carbons (Fsp3) is 0.143. The number of hydrogen-bond acceptors (Lipinski definition) is 1. The first kappa shape index (κ1) is 20.1. The standard InChI is InChI=1S/C21H18Br3OP/c22-13-16-4-1-7-19(10-16)26(25,20-8-2-5-17(11-20)14-23)21-9-3-6-18(12-21)15-24/h1-12H,13-15H2.